The van der Waals surface area contributed by atoms with E-state index in [0.717, 1.165) is 12.1 Å². The van der Waals surface area contributed by atoms with Gasteiger partial charge < -0.3 is 20.3 Å². The van der Waals surface area contributed by atoms with Crippen molar-refractivity contribution in [1.82, 2.24) is 5.32 Å². The van der Waals surface area contributed by atoms with E-state index in [-0.39, 0.29) is 18.6 Å². The van der Waals surface area contributed by atoms with Crippen molar-refractivity contribution in [3.05, 3.63) is 35.4 Å². The molecule has 0 saturated carbocycles. The third kappa shape index (κ3) is 6.55. The number of rotatable bonds is 8. The molecule has 1 aromatic carbocycles. The van der Waals surface area contributed by atoms with Gasteiger partial charge in [-0.15, -0.1) is 0 Å². The van der Waals surface area contributed by atoms with Gasteiger partial charge in [-0.3, -0.25) is 9.59 Å². The minimum Gasteiger partial charge on any atom is -0.480 e. The highest BCUT2D eigenvalue weighted by Crippen LogP contribution is 2.30. The molecule has 0 fully saturated rings. The predicted molar refractivity (Wildman–Crippen MR) is 86.4 cm³/mol. The van der Waals surface area contributed by atoms with E-state index in [1.54, 1.807) is 6.92 Å². The lowest BCUT2D eigenvalue weighted by Crippen LogP contribution is -2.47. The fourth-order valence-corrected chi connectivity index (χ4v) is 2.29. The molecule has 150 valence electrons. The van der Waals surface area contributed by atoms with Gasteiger partial charge in [-0.1, -0.05) is 19.1 Å². The Bertz CT molecular complexity index is 674. The first kappa shape index (κ1) is 22.4. The number of carbonyl (C=O) groups is 3. The summed E-state index contributed by atoms with van der Waals surface area (Å²) >= 11 is 0. The molecule has 0 radical (unpaired) electrons. The molecule has 0 aliphatic heterocycles. The summed E-state index contributed by atoms with van der Waals surface area (Å²) < 4.78 is 42.3. The number of ether oxygens (including phenoxy) is 1. The zero-order valence-corrected chi connectivity index (χ0v) is 14.6. The number of esters is 1. The van der Waals surface area contributed by atoms with Crippen LogP contribution >= 0.6 is 0 Å². The molecule has 0 aromatic heterocycles. The van der Waals surface area contributed by atoms with Crippen molar-refractivity contribution in [3.63, 3.8) is 0 Å². The number of halogens is 3. The zero-order valence-electron chi connectivity index (χ0n) is 14.6. The molecule has 3 N–H and O–H groups in total. The fraction of sp³-hybridized carbons (Fsp3) is 0.471. The monoisotopic (exact) mass is 391 g/mol. The Labute approximate surface area is 153 Å². The Hall–Kier alpha value is -2.62. The summed E-state index contributed by atoms with van der Waals surface area (Å²) in [6.45, 7) is 3.10. The van der Waals surface area contributed by atoms with Crippen LogP contribution < -0.4 is 5.32 Å². The number of aliphatic hydroxyl groups excluding tert-OH is 1. The number of hydrogen-bond acceptors (Lipinski definition) is 5. The first-order valence-electron chi connectivity index (χ1n) is 8.01. The summed E-state index contributed by atoms with van der Waals surface area (Å²) in [5.74, 6) is -4.03. The standard InChI is InChI=1S/C17H20F3NO6/c1-3-27-12(22)8-9(2)13(16(25)26)21-15(24)14(23)10-4-6-11(7-5-10)17(18,19)20/h4-7,9,13-14,23H,3,8H2,1-2H3,(H,21,24)(H,25,26)/t9-,13+,14-/m1/s1. The lowest BCUT2D eigenvalue weighted by Gasteiger charge is -2.22. The van der Waals surface area contributed by atoms with Crippen LogP contribution in [-0.4, -0.2) is 40.7 Å². The molecule has 0 unspecified atom stereocenters. The summed E-state index contributed by atoms with van der Waals surface area (Å²) in [4.78, 5) is 34.9. The summed E-state index contributed by atoms with van der Waals surface area (Å²) in [5.41, 5.74) is -1.09. The normalized spacial score (nSPS) is 14.7. The first-order valence-corrected chi connectivity index (χ1v) is 8.01. The Balaban J connectivity index is 2.83. The maximum atomic E-state index is 12.5. The van der Waals surface area contributed by atoms with Crippen LogP contribution in [0.5, 0.6) is 0 Å². The van der Waals surface area contributed by atoms with E-state index in [4.69, 9.17) is 4.74 Å². The van der Waals surface area contributed by atoms with Gasteiger partial charge in [0.25, 0.3) is 5.91 Å². The number of hydrogen-bond donors (Lipinski definition) is 3. The van der Waals surface area contributed by atoms with Crippen molar-refractivity contribution in [2.75, 3.05) is 6.61 Å². The van der Waals surface area contributed by atoms with E-state index < -0.39 is 47.6 Å². The summed E-state index contributed by atoms with van der Waals surface area (Å²) in [5, 5.41) is 21.3. The number of carboxylic acids is 1. The van der Waals surface area contributed by atoms with Crippen LogP contribution in [0.3, 0.4) is 0 Å². The Morgan fingerprint density at radius 3 is 2.19 bits per heavy atom. The summed E-state index contributed by atoms with van der Waals surface area (Å²) in [6.07, 6.45) is -6.71. The van der Waals surface area contributed by atoms with Gasteiger partial charge in [0.2, 0.25) is 0 Å². The summed E-state index contributed by atoms with van der Waals surface area (Å²) in [7, 11) is 0. The van der Waals surface area contributed by atoms with Gasteiger partial charge in [0.1, 0.15) is 6.04 Å². The lowest BCUT2D eigenvalue weighted by molar-refractivity contribution is -0.148. The Morgan fingerprint density at radius 2 is 1.74 bits per heavy atom. The van der Waals surface area contributed by atoms with Crippen LogP contribution in [-0.2, 0) is 25.3 Å². The maximum absolute atomic E-state index is 12.5. The van der Waals surface area contributed by atoms with Gasteiger partial charge in [0.15, 0.2) is 6.10 Å². The minimum atomic E-state index is -4.57. The van der Waals surface area contributed by atoms with Crippen LogP contribution in [0, 0.1) is 5.92 Å². The van der Waals surface area contributed by atoms with Gasteiger partial charge in [0, 0.05) is 0 Å². The molecule has 3 atom stereocenters. The molecule has 1 amide bonds. The van der Waals surface area contributed by atoms with E-state index in [2.05, 4.69) is 5.32 Å². The topological polar surface area (TPSA) is 113 Å². The smallest absolute Gasteiger partial charge is 0.416 e. The van der Waals surface area contributed by atoms with E-state index in [0.29, 0.717) is 12.1 Å². The molecule has 0 saturated heterocycles. The second kappa shape index (κ2) is 9.36. The van der Waals surface area contributed by atoms with Gasteiger partial charge in [0.05, 0.1) is 18.6 Å². The SMILES string of the molecule is CCOC(=O)C[C@@H](C)[C@H](NC(=O)[C@H](O)c1ccc(C(F)(F)F)cc1)C(=O)O. The third-order valence-corrected chi connectivity index (χ3v) is 3.73. The minimum absolute atomic E-state index is 0.113. The third-order valence-electron chi connectivity index (χ3n) is 3.73. The molecule has 7 nitrogen and oxygen atoms in total. The van der Waals surface area contributed by atoms with Gasteiger partial charge in [-0.2, -0.15) is 13.2 Å². The Kier molecular flexibility index (Phi) is 7.77. The number of aliphatic hydroxyl groups is 1. The zero-order chi connectivity index (χ0) is 20.8. The number of aliphatic carboxylic acids is 1. The van der Waals surface area contributed by atoms with Crippen molar-refractivity contribution in [3.8, 4) is 0 Å². The van der Waals surface area contributed by atoms with Crippen LogP contribution in [0.2, 0.25) is 0 Å². The largest absolute Gasteiger partial charge is 0.480 e. The van der Waals surface area contributed by atoms with Crippen LogP contribution in [0.4, 0.5) is 13.2 Å². The van der Waals surface area contributed by atoms with Crippen molar-refractivity contribution in [2.45, 2.75) is 38.6 Å². The molecule has 10 heteroatoms. The van der Waals surface area contributed by atoms with Crippen molar-refractivity contribution >= 4 is 17.8 Å². The molecule has 0 bridgehead atoms. The highest BCUT2D eigenvalue weighted by Gasteiger charge is 2.32. The van der Waals surface area contributed by atoms with Crippen LogP contribution in [0.25, 0.3) is 0 Å². The fourth-order valence-electron chi connectivity index (χ4n) is 2.29. The van der Waals surface area contributed by atoms with Crippen LogP contribution in [0.1, 0.15) is 37.5 Å². The van der Waals surface area contributed by atoms with E-state index in [9.17, 15) is 37.8 Å². The maximum Gasteiger partial charge on any atom is 0.416 e. The number of carboxylic acid groups (broad SMARTS) is 1. The second-order valence-electron chi connectivity index (χ2n) is 5.83. The first-order chi connectivity index (χ1) is 12.5. The number of nitrogens with one attached hydrogen (secondary N) is 1. The molecule has 1 aromatic rings. The molecule has 0 heterocycles. The molecule has 0 spiro atoms. The van der Waals surface area contributed by atoms with Crippen molar-refractivity contribution < 1.29 is 42.5 Å². The molecule has 0 aliphatic rings. The quantitative estimate of drug-likeness (QED) is 0.584. The lowest BCUT2D eigenvalue weighted by atomic mass is 9.97. The number of benzene rings is 1. The van der Waals surface area contributed by atoms with E-state index in [1.165, 1.54) is 6.92 Å². The molecule has 1 rings (SSSR count). The van der Waals surface area contributed by atoms with Crippen molar-refractivity contribution in [1.29, 1.82) is 0 Å². The molecule has 0 aliphatic carbocycles. The van der Waals surface area contributed by atoms with Gasteiger partial charge in [-0.05, 0) is 30.5 Å². The second-order valence-corrected chi connectivity index (χ2v) is 5.83. The van der Waals surface area contributed by atoms with E-state index >= 15 is 0 Å². The van der Waals surface area contributed by atoms with Gasteiger partial charge >= 0.3 is 18.1 Å². The Morgan fingerprint density at radius 1 is 1.19 bits per heavy atom. The average molecular weight is 391 g/mol. The van der Waals surface area contributed by atoms with E-state index in [1.807, 2.05) is 0 Å². The summed E-state index contributed by atoms with van der Waals surface area (Å²) in [6, 6.07) is 1.75. The predicted octanol–water partition coefficient (Wildman–Crippen LogP) is 1.90. The highest BCUT2D eigenvalue weighted by molar-refractivity contribution is 5.87. The molecular formula is C17H20F3NO6. The molecular weight excluding hydrogens is 371 g/mol. The van der Waals surface area contributed by atoms with Crippen LogP contribution in [0.15, 0.2) is 24.3 Å². The number of amides is 1. The number of alkyl halides is 3. The highest BCUT2D eigenvalue weighted by atomic mass is 19.4. The average Bonchev–Trinajstić information content (AvgIpc) is 2.57. The number of carbonyl (C=O) groups excluding carboxylic acids is 2. The molecule has 27 heavy (non-hydrogen) atoms. The van der Waals surface area contributed by atoms with Crippen molar-refractivity contribution in [2.24, 2.45) is 5.92 Å². The van der Waals surface area contributed by atoms with Gasteiger partial charge in [-0.25, -0.2) is 4.79 Å².